The predicted octanol–water partition coefficient (Wildman–Crippen LogP) is 14.0. The molecule has 5 N–H and O–H groups in total. The first-order valence-corrected chi connectivity index (χ1v) is 47.9. The number of hydrazine groups is 1. The zero-order valence-electron chi connectivity index (χ0n) is 81.5. The number of aromatic nitrogens is 2. The van der Waals surface area contributed by atoms with E-state index in [2.05, 4.69) is 50.5 Å². The summed E-state index contributed by atoms with van der Waals surface area (Å²) in [5, 5.41) is 28.0. The Hall–Kier alpha value is -11.1. The molecule has 5 aromatic carbocycles. The summed E-state index contributed by atoms with van der Waals surface area (Å²) in [5.41, 5.74) is 9.31. The number of benzene rings is 5. The van der Waals surface area contributed by atoms with Crippen molar-refractivity contribution in [1.29, 1.82) is 0 Å². The first kappa shape index (κ1) is 108. The number of amides is 8. The summed E-state index contributed by atoms with van der Waals surface area (Å²) in [6, 6.07) is 39.1. The molecule has 0 spiro atoms. The molecule has 2 aliphatic rings. The van der Waals surface area contributed by atoms with Crippen molar-refractivity contribution in [3.8, 4) is 11.1 Å². The molecule has 12 atom stereocenters. The van der Waals surface area contributed by atoms with Crippen molar-refractivity contribution < 1.29 is 91.1 Å². The van der Waals surface area contributed by atoms with Crippen molar-refractivity contribution >= 4 is 93.2 Å². The number of hydrogen-bond donors (Lipinski definition) is 5. The summed E-state index contributed by atoms with van der Waals surface area (Å²) in [7, 11) is 9.78. The number of aryl methyl sites for hydroxylation is 2. The summed E-state index contributed by atoms with van der Waals surface area (Å²) >= 11 is 1.49. The lowest BCUT2D eigenvalue weighted by molar-refractivity contribution is -0.148. The quantitative estimate of drug-likeness (QED) is 0.0175. The predicted molar refractivity (Wildman–Crippen MR) is 515 cm³/mol. The zero-order valence-corrected chi connectivity index (χ0v) is 82.3. The van der Waals surface area contributed by atoms with Gasteiger partial charge in [-0.1, -0.05) is 196 Å². The van der Waals surface area contributed by atoms with E-state index in [1.807, 2.05) is 193 Å². The summed E-state index contributed by atoms with van der Waals surface area (Å²) in [5.74, 6) is -5.47. The minimum absolute atomic E-state index is 0.00169. The van der Waals surface area contributed by atoms with Crippen LogP contribution < -0.4 is 21.3 Å². The molecule has 8 amide bonds. The second kappa shape index (κ2) is 53.9. The molecule has 7 aromatic rings. The maximum absolute atomic E-state index is 14.4. The van der Waals surface area contributed by atoms with Crippen molar-refractivity contribution in [3.63, 3.8) is 0 Å². The molecule has 2 aromatic heterocycles. The van der Waals surface area contributed by atoms with E-state index >= 15 is 0 Å². The number of rotatable bonds is 53. The first-order chi connectivity index (χ1) is 64.0. The minimum Gasteiger partial charge on any atom is -0.481 e. The maximum Gasteiger partial charge on any atom is 0.424 e. The lowest BCUT2D eigenvalue weighted by Gasteiger charge is -2.41. The number of ketones is 3. The Morgan fingerprint density at radius 1 is 0.627 bits per heavy atom. The number of nitrogens with one attached hydrogen (secondary N) is 4. The van der Waals surface area contributed by atoms with Gasteiger partial charge in [0.25, 0.3) is 0 Å². The number of carboxylic acid groups (broad SMARTS) is 1. The summed E-state index contributed by atoms with van der Waals surface area (Å²) in [4.78, 5) is 169. The third-order valence-corrected chi connectivity index (χ3v) is 26.5. The number of para-hydroxylation sites is 1. The Bertz CT molecular complexity index is 4940. The topological polar surface area (TPSA) is 363 Å². The van der Waals surface area contributed by atoms with E-state index in [4.69, 9.17) is 28.4 Å². The lowest BCUT2D eigenvalue weighted by Crippen LogP contribution is -2.60. The van der Waals surface area contributed by atoms with Gasteiger partial charge in [-0.25, -0.2) is 24.6 Å². The molecule has 0 saturated carbocycles. The summed E-state index contributed by atoms with van der Waals surface area (Å²) in [6.07, 6.45) is 2.45. The van der Waals surface area contributed by atoms with E-state index in [1.54, 1.807) is 65.3 Å². The van der Waals surface area contributed by atoms with Gasteiger partial charge in [0.1, 0.15) is 29.5 Å². The number of carbonyl (C=O) groups is 12. The average Bonchev–Trinajstić information content (AvgIpc) is 1.61. The monoisotopic (exact) mass is 1870 g/mol. The highest BCUT2D eigenvalue weighted by molar-refractivity contribution is 7.09. The number of carboxylic acids is 1. The van der Waals surface area contributed by atoms with Gasteiger partial charge in [0.05, 0.1) is 87.7 Å². The molecule has 0 unspecified atom stereocenters. The standard InChI is InChI=1S/C59H73N5O11.C44H70N6O8S/c1-39(2)50(58(71)60-41(4)55(67)34-42-23-21-40(3)22-24-42)36-45(65)28-31-74-33-32-73-30-13-20-54(66)52(25-26-57(69)70)61-56(68)27-29-64-44(35-43-14-7-12-19-53(43)64)37-62(5)63(6)59(72)75-38-51-48-17-10-8-15-46(48)47-16-9-11-18-49(47)51;1-13-29(7)38(48(9)43(54)36(27(3)4)47-41(53)37(28(5)6)49(10)44(55)58-14-2)34(56-11)26-35(51)50-23-18-21-33(50)39(57-12)30(8)40(52)46-32(42-45-22-24-59-42)25-31-19-16-15-17-20-31/h7-12,14-19,21-24,35,39,41,50-52H,13,20,25-34,36-38H2,1-6H3,(H,60,71)(H,61,68)(H,69,70);15-17,19-20,22,24,27-30,32-34,36-39H,13-14,18,21,23,25-26H2,1-12H3,(H,46,52)(H,47,53)/t41-,50-,52-;29-,30+,32-,33-,34+,36-,37-,38-,39+/m00/s1. The van der Waals surface area contributed by atoms with E-state index in [1.165, 1.54) is 28.3 Å². The van der Waals surface area contributed by atoms with Crippen LogP contribution in [0.15, 0.2) is 145 Å². The molecule has 1 fully saturated rings. The normalized spacial score (nSPS) is 15.4. The Morgan fingerprint density at radius 2 is 1.28 bits per heavy atom. The van der Waals surface area contributed by atoms with Gasteiger partial charge in [-0.05, 0) is 127 Å². The van der Waals surface area contributed by atoms with Gasteiger partial charge in [0.2, 0.25) is 35.4 Å². The molecule has 9 rings (SSSR count). The highest BCUT2D eigenvalue weighted by Crippen LogP contribution is 2.45. The Labute approximate surface area is 794 Å². The van der Waals surface area contributed by atoms with Crippen LogP contribution in [-0.2, 0) is 102 Å². The molecule has 30 nitrogen and oxygen atoms in total. The number of aliphatic carboxylic acids is 1. The van der Waals surface area contributed by atoms with Crippen LogP contribution in [0.1, 0.15) is 197 Å². The largest absolute Gasteiger partial charge is 0.481 e. The van der Waals surface area contributed by atoms with Crippen LogP contribution >= 0.6 is 11.3 Å². The zero-order chi connectivity index (χ0) is 98.0. The van der Waals surface area contributed by atoms with Crippen LogP contribution in [0.25, 0.3) is 22.0 Å². The van der Waals surface area contributed by atoms with Crippen LogP contribution in [0, 0.1) is 42.4 Å². The highest BCUT2D eigenvalue weighted by atomic mass is 32.1. The van der Waals surface area contributed by atoms with Gasteiger partial charge in [-0.2, -0.15) is 0 Å². The van der Waals surface area contributed by atoms with Crippen molar-refractivity contribution in [1.82, 2.24) is 55.5 Å². The maximum atomic E-state index is 14.4. The molecule has 31 heteroatoms. The molecule has 1 saturated heterocycles. The highest BCUT2D eigenvalue weighted by Gasteiger charge is 2.45. The molecule has 730 valence electrons. The average molecular weight is 1870 g/mol. The van der Waals surface area contributed by atoms with E-state index in [0.29, 0.717) is 38.8 Å². The summed E-state index contributed by atoms with van der Waals surface area (Å²) < 4.78 is 36.4. The van der Waals surface area contributed by atoms with Gasteiger partial charge in [-0.3, -0.25) is 52.8 Å². The molecule has 134 heavy (non-hydrogen) atoms. The fraction of sp³-hybridized carbons (Fsp3) is 0.544. The number of ether oxygens (including phenoxy) is 6. The first-order valence-electron chi connectivity index (χ1n) is 47.0. The number of likely N-dealkylation sites (tertiary alicyclic amines) is 1. The third kappa shape index (κ3) is 31.0. The van der Waals surface area contributed by atoms with Gasteiger partial charge in [0, 0.05) is 135 Å². The van der Waals surface area contributed by atoms with Crippen molar-refractivity contribution in [2.45, 2.75) is 240 Å². The smallest absolute Gasteiger partial charge is 0.424 e. The molecular weight excluding hydrogens is 1730 g/mol. The summed E-state index contributed by atoms with van der Waals surface area (Å²) in [6.45, 7) is 24.5. The Morgan fingerprint density at radius 3 is 1.89 bits per heavy atom. The molecule has 1 aliphatic heterocycles. The SMILES string of the molecule is CCOC(=O)N(C)[C@H](C(=O)N[C@H](C(=O)N(C)[C@@H]([C@@H](C)CC)[C@@H](CC(=O)N1CCC[C@H]1[C@H](OC)[C@@H](C)C(=O)N[C@@H](Cc1ccccc1)c1nccs1)OC)C(C)C)C(C)C.Cc1ccc(CC(=O)[C@H](C)NC(=O)[C@@H](CC(=O)CCOCCOCCCC(=O)[C@H](CCC(=O)O)NC(=O)CCn2c(CN(C)N(C)C(=O)OCC3c4ccccc4-c4ccccc43)cc3ccccc32)C(C)C)cc1. The van der Waals surface area contributed by atoms with E-state index in [9.17, 15) is 62.6 Å². The Kier molecular flexibility index (Phi) is 43.5. The van der Waals surface area contributed by atoms with Crippen molar-refractivity contribution in [2.75, 3.05) is 88.6 Å². The second-order valence-electron chi connectivity index (χ2n) is 36.2. The number of hydrogen-bond acceptors (Lipinski definition) is 21. The molecule has 0 bridgehead atoms. The van der Waals surface area contributed by atoms with Crippen molar-refractivity contribution in [2.24, 2.45) is 35.5 Å². The van der Waals surface area contributed by atoms with Crippen LogP contribution in [0.5, 0.6) is 0 Å². The van der Waals surface area contributed by atoms with Gasteiger partial charge in [-0.15, -0.1) is 11.3 Å². The fourth-order valence-corrected chi connectivity index (χ4v) is 18.4. The third-order valence-electron chi connectivity index (χ3n) is 25.6. The van der Waals surface area contributed by atoms with Gasteiger partial charge >= 0.3 is 18.2 Å². The second-order valence-corrected chi connectivity index (χ2v) is 37.2. The van der Waals surface area contributed by atoms with Crippen molar-refractivity contribution in [3.05, 3.63) is 184 Å². The fourth-order valence-electron chi connectivity index (χ4n) is 17.7. The molecule has 0 radical (unpaired) electrons. The molecular formula is C103H143N11O19S. The number of methoxy groups -OCH3 is 2. The number of thiazole rings is 1. The van der Waals surface area contributed by atoms with Crippen LogP contribution in [0.2, 0.25) is 0 Å². The number of nitrogens with zero attached hydrogens (tertiary/aromatic N) is 7. The molecule has 3 heterocycles. The molecule has 1 aliphatic carbocycles. The number of carbonyl (C=O) groups excluding carboxylic acids is 11. The van der Waals surface area contributed by atoms with Gasteiger partial charge < -0.3 is 69.2 Å². The number of likely N-dealkylation sites (N-methyl/N-ethyl adjacent to an activating group) is 2. The van der Waals surface area contributed by atoms with E-state index < -0.39 is 84.2 Å². The van der Waals surface area contributed by atoms with Crippen LogP contribution in [-0.4, -0.2) is 247 Å². The van der Waals surface area contributed by atoms with Gasteiger partial charge in [0.15, 0.2) is 11.6 Å². The van der Waals surface area contributed by atoms with Crippen LogP contribution in [0.4, 0.5) is 9.59 Å². The van der Waals surface area contributed by atoms with E-state index in [0.717, 1.165) is 67.0 Å². The number of fused-ring (bicyclic) bond motifs is 4. The Balaban J connectivity index is 0.000000340. The number of Topliss-reactive ketones (excluding diaryl/α,β-unsaturated/α-hetero) is 3. The van der Waals surface area contributed by atoms with E-state index in [-0.39, 0.29) is 180 Å². The minimum atomic E-state index is -1.08. The lowest BCUT2D eigenvalue weighted by atomic mass is 9.88. The van der Waals surface area contributed by atoms with Crippen LogP contribution in [0.3, 0.4) is 0 Å².